The van der Waals surface area contributed by atoms with Crippen LogP contribution in [0.25, 0.3) is 11.0 Å². The number of rotatable bonds is 5. The van der Waals surface area contributed by atoms with E-state index in [1.165, 1.54) is 0 Å². The number of fused-ring (bicyclic) bond motifs is 1. The lowest BCUT2D eigenvalue weighted by Gasteiger charge is -2.18. The van der Waals surface area contributed by atoms with E-state index in [9.17, 15) is 14.7 Å². The van der Waals surface area contributed by atoms with E-state index in [-0.39, 0.29) is 5.92 Å². The van der Waals surface area contributed by atoms with Crippen LogP contribution in [0.4, 0.5) is 0 Å². The lowest BCUT2D eigenvalue weighted by atomic mass is 10.0. The van der Waals surface area contributed by atoms with Gasteiger partial charge in [0.05, 0.1) is 17.5 Å². The van der Waals surface area contributed by atoms with Crippen LogP contribution in [0, 0.1) is 12.8 Å². The molecule has 2 heterocycles. The minimum Gasteiger partial charge on any atom is -0.480 e. The molecule has 1 amide bonds. The van der Waals surface area contributed by atoms with Gasteiger partial charge in [0.1, 0.15) is 6.04 Å². The van der Waals surface area contributed by atoms with Gasteiger partial charge >= 0.3 is 5.97 Å². The third-order valence-electron chi connectivity index (χ3n) is 3.57. The molecule has 1 atom stereocenters. The summed E-state index contributed by atoms with van der Waals surface area (Å²) in [4.78, 5) is 28.0. The SMILES string of the molecule is CCn1ncc2cc(C(=O)N[C@@H](C(=O)O)C(C)C)c(C)nc21. The Kier molecular flexibility index (Phi) is 4.44. The molecular formula is C15H20N4O3. The van der Waals surface area contributed by atoms with Crippen molar-refractivity contribution in [1.29, 1.82) is 0 Å². The number of carboxylic acids is 1. The second-order valence-corrected chi connectivity index (χ2v) is 5.53. The molecule has 0 spiro atoms. The van der Waals surface area contributed by atoms with Gasteiger partial charge in [-0.2, -0.15) is 5.10 Å². The molecule has 0 fully saturated rings. The van der Waals surface area contributed by atoms with E-state index in [0.717, 1.165) is 11.0 Å². The van der Waals surface area contributed by atoms with Crippen molar-refractivity contribution in [2.45, 2.75) is 40.3 Å². The molecule has 0 saturated heterocycles. The predicted octanol–water partition coefficient (Wildman–Crippen LogP) is 1.60. The fourth-order valence-corrected chi connectivity index (χ4v) is 2.29. The summed E-state index contributed by atoms with van der Waals surface area (Å²) in [5.41, 5.74) is 1.64. The summed E-state index contributed by atoms with van der Waals surface area (Å²) < 4.78 is 1.75. The normalized spacial score (nSPS) is 12.6. The average Bonchev–Trinajstić information content (AvgIpc) is 2.84. The van der Waals surface area contributed by atoms with Crippen LogP contribution in [0.15, 0.2) is 12.3 Å². The highest BCUT2D eigenvalue weighted by Crippen LogP contribution is 2.17. The Morgan fingerprint density at radius 3 is 2.64 bits per heavy atom. The Morgan fingerprint density at radius 1 is 1.41 bits per heavy atom. The first-order valence-electron chi connectivity index (χ1n) is 7.22. The number of hydrogen-bond acceptors (Lipinski definition) is 4. The van der Waals surface area contributed by atoms with Gasteiger partial charge in [-0.25, -0.2) is 14.5 Å². The quantitative estimate of drug-likeness (QED) is 0.874. The first kappa shape index (κ1) is 15.9. The van der Waals surface area contributed by atoms with E-state index in [2.05, 4.69) is 15.4 Å². The van der Waals surface area contributed by atoms with E-state index in [0.29, 0.717) is 17.8 Å². The Morgan fingerprint density at radius 2 is 2.09 bits per heavy atom. The van der Waals surface area contributed by atoms with Gasteiger partial charge in [-0.1, -0.05) is 13.8 Å². The molecule has 7 heteroatoms. The third-order valence-corrected chi connectivity index (χ3v) is 3.57. The van der Waals surface area contributed by atoms with E-state index < -0.39 is 17.9 Å². The Bertz CT molecular complexity index is 721. The number of aryl methyl sites for hydroxylation is 2. The molecule has 2 rings (SSSR count). The van der Waals surface area contributed by atoms with Crippen molar-refractivity contribution in [3.8, 4) is 0 Å². The van der Waals surface area contributed by atoms with Crippen molar-refractivity contribution < 1.29 is 14.7 Å². The molecule has 22 heavy (non-hydrogen) atoms. The fraction of sp³-hybridized carbons (Fsp3) is 0.467. The summed E-state index contributed by atoms with van der Waals surface area (Å²) in [7, 11) is 0. The molecule has 0 aliphatic carbocycles. The number of carbonyl (C=O) groups is 2. The van der Waals surface area contributed by atoms with Gasteiger partial charge in [-0.15, -0.1) is 0 Å². The number of carboxylic acid groups (broad SMARTS) is 1. The van der Waals surface area contributed by atoms with Crippen LogP contribution in [-0.2, 0) is 11.3 Å². The molecule has 0 aromatic carbocycles. The molecule has 0 aliphatic rings. The van der Waals surface area contributed by atoms with Crippen LogP contribution in [-0.4, -0.2) is 37.8 Å². The molecule has 0 aliphatic heterocycles. The maximum Gasteiger partial charge on any atom is 0.326 e. The van der Waals surface area contributed by atoms with Crippen molar-refractivity contribution in [3.05, 3.63) is 23.5 Å². The number of nitrogens with zero attached hydrogens (tertiary/aromatic N) is 3. The summed E-state index contributed by atoms with van der Waals surface area (Å²) >= 11 is 0. The molecule has 7 nitrogen and oxygen atoms in total. The number of carbonyl (C=O) groups excluding carboxylic acids is 1. The lowest BCUT2D eigenvalue weighted by molar-refractivity contribution is -0.140. The predicted molar refractivity (Wildman–Crippen MR) is 81.7 cm³/mol. The first-order chi connectivity index (χ1) is 10.3. The fourth-order valence-electron chi connectivity index (χ4n) is 2.29. The van der Waals surface area contributed by atoms with Gasteiger partial charge in [0.25, 0.3) is 5.91 Å². The van der Waals surface area contributed by atoms with Crippen LogP contribution in [0.2, 0.25) is 0 Å². The summed E-state index contributed by atoms with van der Waals surface area (Å²) in [6.45, 7) is 7.88. The molecule has 2 aromatic heterocycles. The Labute approximate surface area is 128 Å². The zero-order valence-corrected chi connectivity index (χ0v) is 13.1. The molecule has 118 valence electrons. The van der Waals surface area contributed by atoms with Gasteiger partial charge in [-0.3, -0.25) is 4.79 Å². The first-order valence-corrected chi connectivity index (χ1v) is 7.22. The topological polar surface area (TPSA) is 97.1 Å². The van der Waals surface area contributed by atoms with E-state index in [1.807, 2.05) is 6.92 Å². The van der Waals surface area contributed by atoms with Crippen LogP contribution < -0.4 is 5.32 Å². The average molecular weight is 304 g/mol. The molecule has 2 N–H and O–H groups in total. The largest absolute Gasteiger partial charge is 0.480 e. The molecule has 2 aromatic rings. The maximum absolute atomic E-state index is 12.4. The number of aromatic nitrogens is 3. The second kappa shape index (κ2) is 6.13. The highest BCUT2D eigenvalue weighted by Gasteiger charge is 2.25. The van der Waals surface area contributed by atoms with E-state index in [1.54, 1.807) is 37.7 Å². The summed E-state index contributed by atoms with van der Waals surface area (Å²) in [5, 5.41) is 16.7. The van der Waals surface area contributed by atoms with Crippen molar-refractivity contribution in [1.82, 2.24) is 20.1 Å². The van der Waals surface area contributed by atoms with Gasteiger partial charge in [-0.05, 0) is 25.8 Å². The number of amides is 1. The summed E-state index contributed by atoms with van der Waals surface area (Å²) in [6.07, 6.45) is 1.65. The number of hydrogen-bond donors (Lipinski definition) is 2. The Hall–Kier alpha value is -2.44. The summed E-state index contributed by atoms with van der Waals surface area (Å²) in [6, 6.07) is 0.770. The van der Waals surface area contributed by atoms with Crippen LogP contribution >= 0.6 is 0 Å². The van der Waals surface area contributed by atoms with Gasteiger partial charge in [0.15, 0.2) is 5.65 Å². The number of nitrogens with one attached hydrogen (secondary N) is 1. The molecule has 0 bridgehead atoms. The highest BCUT2D eigenvalue weighted by atomic mass is 16.4. The Balaban J connectivity index is 2.35. The number of pyridine rings is 1. The van der Waals surface area contributed by atoms with Crippen molar-refractivity contribution in [2.24, 2.45) is 5.92 Å². The zero-order chi connectivity index (χ0) is 16.4. The highest BCUT2D eigenvalue weighted by molar-refractivity contribution is 5.99. The van der Waals surface area contributed by atoms with Gasteiger partial charge < -0.3 is 10.4 Å². The van der Waals surface area contributed by atoms with E-state index >= 15 is 0 Å². The lowest BCUT2D eigenvalue weighted by Crippen LogP contribution is -2.44. The minimum atomic E-state index is -1.05. The van der Waals surface area contributed by atoms with Gasteiger partial charge in [0.2, 0.25) is 0 Å². The minimum absolute atomic E-state index is 0.207. The maximum atomic E-state index is 12.4. The van der Waals surface area contributed by atoms with Crippen LogP contribution in [0.3, 0.4) is 0 Å². The summed E-state index contributed by atoms with van der Waals surface area (Å²) in [5.74, 6) is -1.69. The molecule has 0 saturated carbocycles. The number of aliphatic carboxylic acids is 1. The smallest absolute Gasteiger partial charge is 0.326 e. The van der Waals surface area contributed by atoms with Crippen LogP contribution in [0.1, 0.15) is 36.8 Å². The van der Waals surface area contributed by atoms with Crippen molar-refractivity contribution in [3.63, 3.8) is 0 Å². The molecule has 0 unspecified atom stereocenters. The molecular weight excluding hydrogens is 284 g/mol. The van der Waals surface area contributed by atoms with Crippen LogP contribution in [0.5, 0.6) is 0 Å². The standard InChI is InChI=1S/C15H20N4O3/c1-5-19-13-10(7-16-19)6-11(9(4)17-13)14(20)18-12(8(2)3)15(21)22/h6-8,12H,5H2,1-4H3,(H,18,20)(H,21,22)/t12-/m1/s1. The van der Waals surface area contributed by atoms with Crippen molar-refractivity contribution in [2.75, 3.05) is 0 Å². The monoisotopic (exact) mass is 304 g/mol. The van der Waals surface area contributed by atoms with E-state index in [4.69, 9.17) is 0 Å². The third kappa shape index (κ3) is 2.93. The zero-order valence-electron chi connectivity index (χ0n) is 13.1. The second-order valence-electron chi connectivity index (χ2n) is 5.53. The van der Waals surface area contributed by atoms with Crippen molar-refractivity contribution >= 4 is 22.9 Å². The van der Waals surface area contributed by atoms with Gasteiger partial charge in [0, 0.05) is 11.9 Å². The molecule has 0 radical (unpaired) electrons.